The molecule has 0 N–H and O–H groups in total. The van der Waals surface area contributed by atoms with Crippen LogP contribution in [0.4, 0.5) is 0 Å². The lowest BCUT2D eigenvalue weighted by Crippen LogP contribution is -2.34. The van der Waals surface area contributed by atoms with E-state index in [1.54, 1.807) is 43.6 Å². The Labute approximate surface area is 162 Å². The Hall–Kier alpha value is -3.14. The first-order chi connectivity index (χ1) is 13.0. The van der Waals surface area contributed by atoms with Gasteiger partial charge in [0.25, 0.3) is 17.8 Å². The zero-order chi connectivity index (χ0) is 19.1. The van der Waals surface area contributed by atoms with Crippen molar-refractivity contribution in [1.29, 1.82) is 0 Å². The molecule has 0 radical (unpaired) electrons. The summed E-state index contributed by atoms with van der Waals surface area (Å²) in [5.74, 6) is -0.210. The van der Waals surface area contributed by atoms with E-state index < -0.39 is 6.04 Å². The Morgan fingerprint density at radius 2 is 1.67 bits per heavy atom. The van der Waals surface area contributed by atoms with Crippen LogP contribution in [0, 0.1) is 0 Å². The minimum absolute atomic E-state index is 0.0833. The Balaban J connectivity index is 1.78. The second-order valence-electron chi connectivity index (χ2n) is 5.77. The van der Waals surface area contributed by atoms with Gasteiger partial charge in [-0.1, -0.05) is 12.1 Å². The number of carbonyl (C=O) groups is 2. The third-order valence-electron chi connectivity index (χ3n) is 4.18. The van der Waals surface area contributed by atoms with Crippen molar-refractivity contribution < 1.29 is 14.3 Å². The Kier molecular flexibility index (Phi) is 4.19. The van der Waals surface area contributed by atoms with Crippen molar-refractivity contribution in [3.05, 3.63) is 58.1 Å². The number of fused-ring (bicyclic) bond motifs is 1. The molecule has 1 aromatic carbocycles. The van der Waals surface area contributed by atoms with Crippen molar-refractivity contribution in [3.8, 4) is 12.0 Å². The molecule has 0 fully saturated rings. The van der Waals surface area contributed by atoms with Gasteiger partial charge in [-0.2, -0.15) is 9.67 Å². The second-order valence-corrected chi connectivity index (χ2v) is 6.69. The van der Waals surface area contributed by atoms with Crippen molar-refractivity contribution in [2.24, 2.45) is 0 Å². The monoisotopic (exact) mass is 428 g/mol. The maximum absolute atomic E-state index is 12.8. The van der Waals surface area contributed by atoms with Gasteiger partial charge >= 0.3 is 6.01 Å². The van der Waals surface area contributed by atoms with Crippen LogP contribution in [0.1, 0.15) is 39.5 Å². The molecule has 0 bridgehead atoms. The SMILES string of the molecule is COc1nc(C(C)N2C(=O)c3ccccc3C2=O)n(-c2ncc(Br)cn2)n1. The molecule has 0 saturated heterocycles. The van der Waals surface area contributed by atoms with Crippen LogP contribution < -0.4 is 4.74 Å². The Morgan fingerprint density at radius 1 is 1.07 bits per heavy atom. The summed E-state index contributed by atoms with van der Waals surface area (Å²) in [4.78, 5) is 39.4. The number of nitrogens with zero attached hydrogens (tertiary/aromatic N) is 6. The predicted octanol–water partition coefficient (Wildman–Crippen LogP) is 2.19. The van der Waals surface area contributed by atoms with Crippen LogP contribution in [0.3, 0.4) is 0 Å². The van der Waals surface area contributed by atoms with Crippen molar-refractivity contribution in [3.63, 3.8) is 0 Å². The number of hydrogen-bond donors (Lipinski definition) is 0. The van der Waals surface area contributed by atoms with Gasteiger partial charge in [-0.15, -0.1) is 5.10 Å². The third kappa shape index (κ3) is 2.78. The first-order valence-electron chi connectivity index (χ1n) is 7.97. The van der Waals surface area contributed by atoms with Crippen LogP contribution in [-0.4, -0.2) is 48.6 Å². The van der Waals surface area contributed by atoms with Gasteiger partial charge in [0.2, 0.25) is 0 Å². The van der Waals surface area contributed by atoms with E-state index in [1.165, 1.54) is 11.8 Å². The van der Waals surface area contributed by atoms with Crippen LogP contribution in [0.15, 0.2) is 41.1 Å². The number of rotatable bonds is 4. The molecule has 4 rings (SSSR count). The number of amides is 2. The molecule has 1 unspecified atom stereocenters. The van der Waals surface area contributed by atoms with Crippen molar-refractivity contribution in [2.75, 3.05) is 7.11 Å². The van der Waals surface area contributed by atoms with E-state index in [0.29, 0.717) is 21.4 Å². The standard InChI is InChI=1S/C17H13BrN6O3/c1-9(23-14(25)11-5-3-4-6-12(11)15(23)26)13-21-17(27-2)22-24(13)16-19-7-10(18)8-20-16/h3-9H,1-2H3. The first-order valence-corrected chi connectivity index (χ1v) is 8.76. The number of carbonyl (C=O) groups excluding carboxylic acids is 2. The molecular weight excluding hydrogens is 416 g/mol. The fourth-order valence-electron chi connectivity index (χ4n) is 2.90. The average Bonchev–Trinajstić information content (AvgIpc) is 3.22. The molecule has 1 atom stereocenters. The lowest BCUT2D eigenvalue weighted by molar-refractivity contribution is 0.0587. The summed E-state index contributed by atoms with van der Waals surface area (Å²) in [7, 11) is 1.43. The summed E-state index contributed by atoms with van der Waals surface area (Å²) in [6.07, 6.45) is 3.12. The first kappa shape index (κ1) is 17.3. The van der Waals surface area contributed by atoms with E-state index in [0.717, 1.165) is 4.90 Å². The van der Waals surface area contributed by atoms with E-state index >= 15 is 0 Å². The van der Waals surface area contributed by atoms with E-state index in [-0.39, 0.29) is 23.8 Å². The lowest BCUT2D eigenvalue weighted by atomic mass is 10.1. The number of imide groups is 1. The topological polar surface area (TPSA) is 103 Å². The molecule has 0 spiro atoms. The highest BCUT2D eigenvalue weighted by atomic mass is 79.9. The maximum Gasteiger partial charge on any atom is 0.335 e. The highest BCUT2D eigenvalue weighted by Gasteiger charge is 2.40. The molecule has 1 aliphatic rings. The van der Waals surface area contributed by atoms with E-state index in [1.807, 2.05) is 0 Å². The normalized spacial score (nSPS) is 14.4. The van der Waals surface area contributed by atoms with Crippen LogP contribution in [-0.2, 0) is 0 Å². The van der Waals surface area contributed by atoms with Crippen molar-refractivity contribution >= 4 is 27.7 Å². The molecule has 0 aliphatic carbocycles. The van der Waals surface area contributed by atoms with Gasteiger partial charge in [0.05, 0.1) is 28.8 Å². The fourth-order valence-corrected chi connectivity index (χ4v) is 3.10. The summed E-state index contributed by atoms with van der Waals surface area (Å²) >= 11 is 3.28. The van der Waals surface area contributed by atoms with E-state index in [2.05, 4.69) is 36.0 Å². The molecule has 2 amide bonds. The number of ether oxygens (including phenoxy) is 1. The number of hydrogen-bond acceptors (Lipinski definition) is 7. The Bertz CT molecular complexity index is 1010. The van der Waals surface area contributed by atoms with Gasteiger partial charge in [0.15, 0.2) is 5.82 Å². The molecule has 3 aromatic rings. The summed E-state index contributed by atoms with van der Waals surface area (Å²) in [6, 6.07) is 6.08. The number of methoxy groups -OCH3 is 1. The molecule has 1 aliphatic heterocycles. The molecule has 2 aromatic heterocycles. The quantitative estimate of drug-likeness (QED) is 0.586. The van der Waals surface area contributed by atoms with Crippen LogP contribution >= 0.6 is 15.9 Å². The van der Waals surface area contributed by atoms with Gasteiger partial charge in [-0.05, 0) is 35.0 Å². The maximum atomic E-state index is 12.8. The highest BCUT2D eigenvalue weighted by molar-refractivity contribution is 9.10. The van der Waals surface area contributed by atoms with Gasteiger partial charge in [-0.3, -0.25) is 14.5 Å². The number of halogens is 1. The third-order valence-corrected chi connectivity index (χ3v) is 4.59. The van der Waals surface area contributed by atoms with Gasteiger partial charge in [0, 0.05) is 12.4 Å². The zero-order valence-corrected chi connectivity index (χ0v) is 15.9. The minimum Gasteiger partial charge on any atom is -0.466 e. The summed E-state index contributed by atoms with van der Waals surface area (Å²) in [6.45, 7) is 1.69. The number of benzene rings is 1. The van der Waals surface area contributed by atoms with Gasteiger partial charge in [-0.25, -0.2) is 9.97 Å². The summed E-state index contributed by atoms with van der Waals surface area (Å²) < 4.78 is 7.18. The van der Waals surface area contributed by atoms with E-state index in [4.69, 9.17) is 4.74 Å². The predicted molar refractivity (Wildman–Crippen MR) is 96.6 cm³/mol. The van der Waals surface area contributed by atoms with Crippen LogP contribution in [0.25, 0.3) is 5.95 Å². The molecule has 0 saturated carbocycles. The average molecular weight is 429 g/mol. The van der Waals surface area contributed by atoms with Gasteiger partial charge in [0.1, 0.15) is 0 Å². The van der Waals surface area contributed by atoms with Crippen molar-refractivity contribution in [1.82, 2.24) is 29.6 Å². The second kappa shape index (κ2) is 6.54. The summed E-state index contributed by atoms with van der Waals surface area (Å²) in [5.41, 5.74) is 0.736. The molecule has 136 valence electrons. The summed E-state index contributed by atoms with van der Waals surface area (Å²) in [5, 5.41) is 4.21. The molecule has 9 nitrogen and oxygen atoms in total. The largest absolute Gasteiger partial charge is 0.466 e. The van der Waals surface area contributed by atoms with Crippen LogP contribution in [0.5, 0.6) is 6.01 Å². The van der Waals surface area contributed by atoms with Gasteiger partial charge < -0.3 is 4.74 Å². The molecule has 10 heteroatoms. The highest BCUT2D eigenvalue weighted by Crippen LogP contribution is 2.31. The Morgan fingerprint density at radius 3 is 2.22 bits per heavy atom. The molecule has 3 heterocycles. The minimum atomic E-state index is -0.707. The van der Waals surface area contributed by atoms with E-state index in [9.17, 15) is 9.59 Å². The molecular formula is C17H13BrN6O3. The van der Waals surface area contributed by atoms with Crippen molar-refractivity contribution in [2.45, 2.75) is 13.0 Å². The fraction of sp³-hybridized carbons (Fsp3) is 0.176. The smallest absolute Gasteiger partial charge is 0.335 e. The van der Waals surface area contributed by atoms with Crippen LogP contribution in [0.2, 0.25) is 0 Å². The zero-order valence-electron chi connectivity index (χ0n) is 14.3. The lowest BCUT2D eigenvalue weighted by Gasteiger charge is -2.21. The molecule has 27 heavy (non-hydrogen) atoms. The number of aromatic nitrogens is 5.